The van der Waals surface area contributed by atoms with Gasteiger partial charge in [0.1, 0.15) is 0 Å². The second-order valence-corrected chi connectivity index (χ2v) is 8.10. The smallest absolute Gasteiger partial charge is 0.305 e. The van der Waals surface area contributed by atoms with Crippen molar-refractivity contribution in [3.63, 3.8) is 0 Å². The molecule has 152 valence electrons. The van der Waals surface area contributed by atoms with Gasteiger partial charge in [-0.05, 0) is 43.7 Å². The fourth-order valence-electron chi connectivity index (χ4n) is 3.69. The van der Waals surface area contributed by atoms with Crippen molar-refractivity contribution in [1.82, 2.24) is 4.57 Å². The number of nitrogens with zero attached hydrogens (tertiary/aromatic N) is 1. The number of methoxy groups -OCH3 is 1. The van der Waals surface area contributed by atoms with E-state index in [0.29, 0.717) is 12.0 Å². The molecule has 0 saturated heterocycles. The number of aromatic nitrogens is 1. The molecule has 0 saturated carbocycles. The first kappa shape index (κ1) is 20.9. The highest BCUT2D eigenvalue weighted by Crippen LogP contribution is 2.34. The van der Waals surface area contributed by atoms with Crippen LogP contribution in [-0.2, 0) is 28.9 Å². The van der Waals surface area contributed by atoms with Gasteiger partial charge in [0.25, 0.3) is 5.91 Å². The summed E-state index contributed by atoms with van der Waals surface area (Å²) in [6, 6.07) is 12.2. The number of amides is 1. The second-order valence-electron chi connectivity index (χ2n) is 7.07. The molecule has 0 bridgehead atoms. The zero-order chi connectivity index (χ0) is 21.0. The predicted molar refractivity (Wildman–Crippen MR) is 116 cm³/mol. The van der Waals surface area contributed by atoms with Crippen LogP contribution in [0.3, 0.4) is 0 Å². The van der Waals surface area contributed by atoms with Crippen LogP contribution >= 0.6 is 11.3 Å². The van der Waals surface area contributed by atoms with Crippen LogP contribution < -0.4 is 5.73 Å². The Kier molecular flexibility index (Phi) is 6.54. The summed E-state index contributed by atoms with van der Waals surface area (Å²) in [4.78, 5) is 25.5. The van der Waals surface area contributed by atoms with E-state index in [9.17, 15) is 9.59 Å². The van der Waals surface area contributed by atoms with E-state index in [4.69, 9.17) is 10.5 Å². The van der Waals surface area contributed by atoms with Gasteiger partial charge in [-0.25, -0.2) is 0 Å². The Bertz CT molecular complexity index is 1000. The molecule has 0 aliphatic heterocycles. The van der Waals surface area contributed by atoms with Gasteiger partial charge in [-0.15, -0.1) is 11.3 Å². The van der Waals surface area contributed by atoms with E-state index in [0.717, 1.165) is 41.0 Å². The topological polar surface area (TPSA) is 74.3 Å². The molecule has 0 fully saturated rings. The van der Waals surface area contributed by atoms with Crippen molar-refractivity contribution < 1.29 is 14.3 Å². The van der Waals surface area contributed by atoms with Crippen molar-refractivity contribution in [3.8, 4) is 11.1 Å². The van der Waals surface area contributed by atoms with Gasteiger partial charge in [0.05, 0.1) is 19.1 Å². The van der Waals surface area contributed by atoms with E-state index in [1.807, 2.05) is 44.2 Å². The Hall–Kier alpha value is -2.86. The van der Waals surface area contributed by atoms with E-state index in [1.165, 1.54) is 12.0 Å². The zero-order valence-electron chi connectivity index (χ0n) is 17.0. The Labute approximate surface area is 175 Å². The molecule has 0 atom stereocenters. The number of rotatable bonds is 8. The average Bonchev–Trinajstić information content (AvgIpc) is 3.31. The minimum absolute atomic E-state index is 0.246. The van der Waals surface area contributed by atoms with Crippen LogP contribution in [0.15, 0.2) is 41.8 Å². The van der Waals surface area contributed by atoms with Crippen molar-refractivity contribution in [3.05, 3.63) is 69.2 Å². The molecule has 2 heterocycles. The molecule has 2 aromatic heterocycles. The third-order valence-electron chi connectivity index (χ3n) is 5.17. The number of hydrogen-bond acceptors (Lipinski definition) is 4. The monoisotopic (exact) mass is 410 g/mol. The number of carbonyl (C=O) groups excluding carboxylic acids is 2. The van der Waals surface area contributed by atoms with E-state index < -0.39 is 5.91 Å². The normalized spacial score (nSPS) is 10.9. The molecule has 5 nitrogen and oxygen atoms in total. The maximum Gasteiger partial charge on any atom is 0.305 e. The Morgan fingerprint density at radius 3 is 2.41 bits per heavy atom. The van der Waals surface area contributed by atoms with Crippen molar-refractivity contribution in [2.75, 3.05) is 7.11 Å². The Morgan fingerprint density at radius 1 is 1.10 bits per heavy atom. The number of thiophene rings is 1. The standard InChI is InChI=1S/C23H26N2O3S/c1-15-6-8-17(9-7-15)22-19(10-11-20(26)28-3)25(16(2)21(22)23(24)27)13-12-18-5-4-14-29-18/h4-9,14H,10-13H2,1-3H3,(H2,24,27). The van der Waals surface area contributed by atoms with Crippen LogP contribution in [0.4, 0.5) is 0 Å². The van der Waals surface area contributed by atoms with Crippen molar-refractivity contribution >= 4 is 23.2 Å². The van der Waals surface area contributed by atoms with Crippen LogP contribution in [-0.4, -0.2) is 23.6 Å². The summed E-state index contributed by atoms with van der Waals surface area (Å²) in [5, 5.41) is 2.06. The van der Waals surface area contributed by atoms with Gasteiger partial charge in [0.2, 0.25) is 0 Å². The summed E-state index contributed by atoms with van der Waals surface area (Å²) in [6.45, 7) is 4.66. The van der Waals surface area contributed by atoms with Gasteiger partial charge in [-0.3, -0.25) is 9.59 Å². The quantitative estimate of drug-likeness (QED) is 0.563. The molecule has 0 spiro atoms. The fraction of sp³-hybridized carbons (Fsp3) is 0.304. The fourth-order valence-corrected chi connectivity index (χ4v) is 4.39. The number of aryl methyl sites for hydroxylation is 2. The van der Waals surface area contributed by atoms with Gasteiger partial charge in [0.15, 0.2) is 0 Å². The van der Waals surface area contributed by atoms with Gasteiger partial charge in [0, 0.05) is 28.4 Å². The molecule has 3 aromatic rings. The lowest BCUT2D eigenvalue weighted by Gasteiger charge is -2.13. The number of carbonyl (C=O) groups is 2. The van der Waals surface area contributed by atoms with Gasteiger partial charge >= 0.3 is 5.97 Å². The maximum absolute atomic E-state index is 12.4. The summed E-state index contributed by atoms with van der Waals surface area (Å²) in [6.07, 6.45) is 1.58. The number of primary amides is 1. The molecule has 2 N–H and O–H groups in total. The molecule has 0 aliphatic carbocycles. The minimum atomic E-state index is -0.452. The van der Waals surface area contributed by atoms with Crippen LogP contribution in [0, 0.1) is 13.8 Å². The van der Waals surface area contributed by atoms with Gasteiger partial charge < -0.3 is 15.0 Å². The summed E-state index contributed by atoms with van der Waals surface area (Å²) < 4.78 is 6.98. The van der Waals surface area contributed by atoms with Crippen LogP contribution in [0.5, 0.6) is 0 Å². The number of benzene rings is 1. The lowest BCUT2D eigenvalue weighted by atomic mass is 9.97. The first-order valence-electron chi connectivity index (χ1n) is 9.60. The van der Waals surface area contributed by atoms with Gasteiger partial charge in [-0.2, -0.15) is 0 Å². The van der Waals surface area contributed by atoms with E-state index in [2.05, 4.69) is 16.0 Å². The molecule has 1 amide bonds. The SMILES string of the molecule is COC(=O)CCc1c(-c2ccc(C)cc2)c(C(N)=O)c(C)n1CCc1cccs1. The highest BCUT2D eigenvalue weighted by Gasteiger charge is 2.25. The second kappa shape index (κ2) is 9.09. The van der Waals surface area contributed by atoms with Crippen LogP contribution in [0.2, 0.25) is 0 Å². The van der Waals surface area contributed by atoms with E-state index in [-0.39, 0.29) is 12.4 Å². The molecule has 29 heavy (non-hydrogen) atoms. The first-order valence-corrected chi connectivity index (χ1v) is 10.5. The largest absolute Gasteiger partial charge is 0.469 e. The molecular weight excluding hydrogens is 384 g/mol. The van der Waals surface area contributed by atoms with Gasteiger partial charge in [-0.1, -0.05) is 35.9 Å². The Balaban J connectivity index is 2.11. The third kappa shape index (κ3) is 4.59. The third-order valence-corrected chi connectivity index (χ3v) is 6.11. The number of hydrogen-bond donors (Lipinski definition) is 1. The summed E-state index contributed by atoms with van der Waals surface area (Å²) in [5.74, 6) is -0.726. The maximum atomic E-state index is 12.4. The zero-order valence-corrected chi connectivity index (χ0v) is 17.8. The summed E-state index contributed by atoms with van der Waals surface area (Å²) in [5.41, 5.74) is 11.0. The Morgan fingerprint density at radius 2 is 1.83 bits per heavy atom. The first-order chi connectivity index (χ1) is 13.9. The average molecular weight is 411 g/mol. The lowest BCUT2D eigenvalue weighted by molar-refractivity contribution is -0.140. The molecule has 3 rings (SSSR count). The molecule has 0 aliphatic rings. The summed E-state index contributed by atoms with van der Waals surface area (Å²) >= 11 is 1.71. The van der Waals surface area contributed by atoms with E-state index in [1.54, 1.807) is 11.3 Å². The van der Waals surface area contributed by atoms with Crippen molar-refractivity contribution in [1.29, 1.82) is 0 Å². The number of esters is 1. The number of nitrogens with two attached hydrogens (primary N) is 1. The van der Waals surface area contributed by atoms with Crippen LogP contribution in [0.1, 0.15) is 38.6 Å². The lowest BCUT2D eigenvalue weighted by Crippen LogP contribution is -2.13. The van der Waals surface area contributed by atoms with Crippen molar-refractivity contribution in [2.45, 2.75) is 39.7 Å². The number of ether oxygens (including phenoxy) is 1. The molecular formula is C23H26N2O3S. The predicted octanol–water partition coefficient (Wildman–Crippen LogP) is 4.28. The summed E-state index contributed by atoms with van der Waals surface area (Å²) in [7, 11) is 1.39. The van der Waals surface area contributed by atoms with E-state index >= 15 is 0 Å². The molecule has 6 heteroatoms. The van der Waals surface area contributed by atoms with Crippen LogP contribution in [0.25, 0.3) is 11.1 Å². The molecule has 1 aromatic carbocycles. The van der Waals surface area contributed by atoms with Crippen molar-refractivity contribution in [2.24, 2.45) is 5.73 Å². The minimum Gasteiger partial charge on any atom is -0.469 e. The molecule has 0 unspecified atom stereocenters. The highest BCUT2D eigenvalue weighted by molar-refractivity contribution is 7.09. The molecule has 0 radical (unpaired) electrons. The highest BCUT2D eigenvalue weighted by atomic mass is 32.1.